The zero-order chi connectivity index (χ0) is 17.4. The molecule has 1 aliphatic rings. The first-order valence-corrected chi connectivity index (χ1v) is 9.47. The van der Waals surface area contributed by atoms with Crippen molar-refractivity contribution in [2.24, 2.45) is 0 Å². The second kappa shape index (κ2) is 6.61. The molecule has 0 unspecified atom stereocenters. The SMILES string of the molecule is Cc1cc2ncn(CN3CCN(C(=O)c4cccs4)CC3)c2cc1C. The van der Waals surface area contributed by atoms with Crippen molar-refractivity contribution in [3.8, 4) is 0 Å². The Labute approximate surface area is 151 Å². The van der Waals surface area contributed by atoms with Crippen molar-refractivity contribution < 1.29 is 4.79 Å². The summed E-state index contributed by atoms with van der Waals surface area (Å²) in [5.74, 6) is 0.161. The first-order valence-electron chi connectivity index (χ1n) is 8.59. The fourth-order valence-corrected chi connectivity index (χ4v) is 3.98. The number of amides is 1. The van der Waals surface area contributed by atoms with E-state index in [9.17, 15) is 4.79 Å². The van der Waals surface area contributed by atoms with Gasteiger partial charge in [-0.1, -0.05) is 6.07 Å². The van der Waals surface area contributed by atoms with Crippen molar-refractivity contribution in [2.75, 3.05) is 26.2 Å². The molecule has 1 aromatic carbocycles. The molecule has 1 saturated heterocycles. The van der Waals surface area contributed by atoms with Gasteiger partial charge in [-0.05, 0) is 48.6 Å². The molecule has 130 valence electrons. The van der Waals surface area contributed by atoms with Crippen LogP contribution in [-0.2, 0) is 6.67 Å². The Morgan fingerprint density at radius 2 is 1.92 bits per heavy atom. The highest BCUT2D eigenvalue weighted by Gasteiger charge is 2.23. The van der Waals surface area contributed by atoms with Gasteiger partial charge in [-0.15, -0.1) is 11.3 Å². The smallest absolute Gasteiger partial charge is 0.264 e. The molecular weight excluding hydrogens is 332 g/mol. The Balaban J connectivity index is 1.42. The van der Waals surface area contributed by atoms with Gasteiger partial charge >= 0.3 is 0 Å². The van der Waals surface area contributed by atoms with Crippen LogP contribution < -0.4 is 0 Å². The van der Waals surface area contributed by atoms with Crippen LogP contribution in [0.1, 0.15) is 20.8 Å². The predicted molar refractivity (Wildman–Crippen MR) is 101 cm³/mol. The lowest BCUT2D eigenvalue weighted by Crippen LogP contribution is -2.48. The van der Waals surface area contributed by atoms with Crippen LogP contribution in [0.2, 0.25) is 0 Å². The van der Waals surface area contributed by atoms with Crippen molar-refractivity contribution in [2.45, 2.75) is 20.5 Å². The fraction of sp³-hybridized carbons (Fsp3) is 0.368. The van der Waals surface area contributed by atoms with E-state index in [1.54, 1.807) is 0 Å². The van der Waals surface area contributed by atoms with E-state index >= 15 is 0 Å². The van der Waals surface area contributed by atoms with Crippen molar-refractivity contribution in [1.29, 1.82) is 0 Å². The first-order chi connectivity index (χ1) is 12.1. The van der Waals surface area contributed by atoms with Crippen LogP contribution >= 0.6 is 11.3 Å². The number of aryl methyl sites for hydroxylation is 2. The zero-order valence-corrected chi connectivity index (χ0v) is 15.4. The summed E-state index contributed by atoms with van der Waals surface area (Å²) in [7, 11) is 0. The molecule has 5 nitrogen and oxygen atoms in total. The standard InChI is InChI=1S/C19H22N4OS/c1-14-10-16-17(11-15(14)2)23(12-20-16)13-21-5-7-22(8-6-21)19(24)18-4-3-9-25-18/h3-4,9-12H,5-8,13H2,1-2H3. The van der Waals surface area contributed by atoms with Crippen molar-refractivity contribution in [3.05, 3.63) is 52.0 Å². The van der Waals surface area contributed by atoms with Crippen molar-refractivity contribution >= 4 is 28.3 Å². The van der Waals surface area contributed by atoms with Gasteiger partial charge in [-0.25, -0.2) is 4.98 Å². The van der Waals surface area contributed by atoms with Crippen LogP contribution in [0.5, 0.6) is 0 Å². The average Bonchev–Trinajstić information content (AvgIpc) is 3.27. The number of carbonyl (C=O) groups is 1. The first kappa shape index (κ1) is 16.3. The van der Waals surface area contributed by atoms with Gasteiger partial charge in [0.05, 0.1) is 28.9 Å². The average molecular weight is 354 g/mol. The number of nitrogens with zero attached hydrogens (tertiary/aromatic N) is 4. The minimum Gasteiger partial charge on any atom is -0.335 e. The molecule has 4 rings (SSSR count). The molecular formula is C19H22N4OS. The maximum Gasteiger partial charge on any atom is 0.264 e. The van der Waals surface area contributed by atoms with Crippen LogP contribution in [0, 0.1) is 13.8 Å². The summed E-state index contributed by atoms with van der Waals surface area (Å²) in [4.78, 5) is 22.1. The van der Waals surface area contributed by atoms with E-state index in [1.807, 2.05) is 28.7 Å². The third kappa shape index (κ3) is 3.19. The van der Waals surface area contributed by atoms with Gasteiger partial charge < -0.3 is 9.47 Å². The third-order valence-electron chi connectivity index (χ3n) is 4.98. The lowest BCUT2D eigenvalue weighted by atomic mass is 10.1. The number of hydrogen-bond acceptors (Lipinski definition) is 4. The normalized spacial score (nSPS) is 15.8. The molecule has 0 bridgehead atoms. The molecule has 3 aromatic rings. The van der Waals surface area contributed by atoms with E-state index in [2.05, 4.69) is 40.4 Å². The fourth-order valence-electron chi connectivity index (χ4n) is 3.29. The van der Waals surface area contributed by atoms with Crippen molar-refractivity contribution in [1.82, 2.24) is 19.4 Å². The minimum atomic E-state index is 0.161. The van der Waals surface area contributed by atoms with E-state index in [0.29, 0.717) is 0 Å². The van der Waals surface area contributed by atoms with Crippen LogP contribution in [0.15, 0.2) is 36.0 Å². The zero-order valence-electron chi connectivity index (χ0n) is 14.6. The molecule has 0 aliphatic carbocycles. The Kier molecular flexibility index (Phi) is 4.31. The number of fused-ring (bicyclic) bond motifs is 1. The number of hydrogen-bond donors (Lipinski definition) is 0. The Morgan fingerprint density at radius 1 is 1.16 bits per heavy atom. The highest BCUT2D eigenvalue weighted by Crippen LogP contribution is 2.19. The molecule has 0 radical (unpaired) electrons. The molecule has 0 spiro atoms. The van der Waals surface area contributed by atoms with Gasteiger partial charge in [0.25, 0.3) is 5.91 Å². The lowest BCUT2D eigenvalue weighted by Gasteiger charge is -2.34. The molecule has 0 saturated carbocycles. The number of benzene rings is 1. The third-order valence-corrected chi connectivity index (χ3v) is 5.84. The van der Waals surface area contributed by atoms with Gasteiger partial charge in [0.15, 0.2) is 0 Å². The molecule has 6 heteroatoms. The summed E-state index contributed by atoms with van der Waals surface area (Å²) < 4.78 is 2.21. The Morgan fingerprint density at radius 3 is 2.64 bits per heavy atom. The van der Waals surface area contributed by atoms with E-state index in [1.165, 1.54) is 28.0 Å². The number of imidazole rings is 1. The highest BCUT2D eigenvalue weighted by molar-refractivity contribution is 7.12. The quantitative estimate of drug-likeness (QED) is 0.726. The van der Waals surface area contributed by atoms with Gasteiger partial charge in [0.1, 0.15) is 0 Å². The van der Waals surface area contributed by atoms with Crippen LogP contribution in [0.3, 0.4) is 0 Å². The summed E-state index contributed by atoms with van der Waals surface area (Å²) in [6, 6.07) is 8.20. The second-order valence-corrected chi connectivity index (χ2v) is 7.62. The molecule has 1 fully saturated rings. The number of aromatic nitrogens is 2. The van der Waals surface area contributed by atoms with E-state index in [-0.39, 0.29) is 5.91 Å². The summed E-state index contributed by atoms with van der Waals surface area (Å²) in [6.07, 6.45) is 1.92. The summed E-state index contributed by atoms with van der Waals surface area (Å²) in [5.41, 5.74) is 4.80. The number of piperazine rings is 1. The van der Waals surface area contributed by atoms with E-state index < -0.39 is 0 Å². The molecule has 25 heavy (non-hydrogen) atoms. The van der Waals surface area contributed by atoms with Gasteiger partial charge in [0.2, 0.25) is 0 Å². The van der Waals surface area contributed by atoms with Gasteiger partial charge in [0, 0.05) is 26.2 Å². The maximum absolute atomic E-state index is 12.4. The molecule has 1 aliphatic heterocycles. The van der Waals surface area contributed by atoms with Gasteiger partial charge in [-0.2, -0.15) is 0 Å². The van der Waals surface area contributed by atoms with E-state index in [0.717, 1.165) is 43.2 Å². The Bertz CT molecular complexity index is 892. The summed E-state index contributed by atoms with van der Waals surface area (Å²) in [5, 5.41) is 1.96. The monoisotopic (exact) mass is 354 g/mol. The second-order valence-electron chi connectivity index (χ2n) is 6.67. The molecule has 3 heterocycles. The van der Waals surface area contributed by atoms with E-state index in [4.69, 9.17) is 0 Å². The van der Waals surface area contributed by atoms with Gasteiger partial charge in [-0.3, -0.25) is 9.69 Å². The Hall–Kier alpha value is -2.18. The molecule has 2 aromatic heterocycles. The molecule has 1 amide bonds. The van der Waals surface area contributed by atoms with Crippen LogP contribution in [-0.4, -0.2) is 51.4 Å². The van der Waals surface area contributed by atoms with Crippen LogP contribution in [0.4, 0.5) is 0 Å². The summed E-state index contributed by atoms with van der Waals surface area (Å²) >= 11 is 1.52. The minimum absolute atomic E-state index is 0.161. The summed E-state index contributed by atoms with van der Waals surface area (Å²) in [6.45, 7) is 8.42. The highest BCUT2D eigenvalue weighted by atomic mass is 32.1. The van der Waals surface area contributed by atoms with Crippen LogP contribution in [0.25, 0.3) is 11.0 Å². The number of thiophene rings is 1. The lowest BCUT2D eigenvalue weighted by molar-refractivity contribution is 0.0602. The predicted octanol–water partition coefficient (Wildman–Crippen LogP) is 3.13. The number of carbonyl (C=O) groups excluding carboxylic acids is 1. The maximum atomic E-state index is 12.4. The molecule has 0 N–H and O–H groups in total. The van der Waals surface area contributed by atoms with Crippen molar-refractivity contribution in [3.63, 3.8) is 0 Å². The number of rotatable bonds is 3. The molecule has 0 atom stereocenters. The largest absolute Gasteiger partial charge is 0.335 e. The topological polar surface area (TPSA) is 41.4 Å².